The molecule has 0 aliphatic carbocycles. The van der Waals surface area contributed by atoms with Gasteiger partial charge in [0.05, 0.1) is 31.5 Å². The van der Waals surface area contributed by atoms with E-state index >= 15 is 0 Å². The molecule has 0 radical (unpaired) electrons. The van der Waals surface area contributed by atoms with Gasteiger partial charge in [0, 0.05) is 27.1 Å². The number of aliphatic hydroxyl groups is 1. The summed E-state index contributed by atoms with van der Waals surface area (Å²) in [4.78, 5) is 24.3. The van der Waals surface area contributed by atoms with Crippen LogP contribution in [-0.4, -0.2) is 74.0 Å². The van der Waals surface area contributed by atoms with E-state index in [4.69, 9.17) is 9.47 Å². The van der Waals surface area contributed by atoms with Gasteiger partial charge in [-0.1, -0.05) is 0 Å². The average Bonchev–Trinajstić information content (AvgIpc) is 2.42. The molecule has 3 atom stereocenters. The lowest BCUT2D eigenvalue weighted by atomic mass is 10.0. The number of methoxy groups -OCH3 is 1. The van der Waals surface area contributed by atoms with Gasteiger partial charge < -0.3 is 19.9 Å². The van der Waals surface area contributed by atoms with Crippen LogP contribution in [0.3, 0.4) is 0 Å². The molecule has 0 aromatic rings. The summed E-state index contributed by atoms with van der Waals surface area (Å²) in [6.45, 7) is 2.74. The summed E-state index contributed by atoms with van der Waals surface area (Å²) in [7, 11) is 3.06. The fourth-order valence-electron chi connectivity index (χ4n) is 2.00. The summed E-state index contributed by atoms with van der Waals surface area (Å²) in [6.07, 6.45) is 0.0206. The number of nitrogens with zero attached hydrogens (tertiary/aromatic N) is 1. The molecule has 0 saturated carbocycles. The van der Waals surface area contributed by atoms with Gasteiger partial charge in [0.1, 0.15) is 0 Å². The van der Waals surface area contributed by atoms with Crippen molar-refractivity contribution in [3.8, 4) is 0 Å². The zero-order chi connectivity index (χ0) is 15.1. The average molecular weight is 288 g/mol. The Kier molecular flexibility index (Phi) is 7.08. The van der Waals surface area contributed by atoms with Gasteiger partial charge >= 0.3 is 0 Å². The number of nitrogens with one attached hydrogen (secondary N) is 1. The second-order valence-corrected chi connectivity index (χ2v) is 5.04. The number of hydrogen-bond acceptors (Lipinski definition) is 6. The number of imide groups is 1. The SMILES string of the molecule is COCC(C)OCC(O)CNC1CCC(=O)N(C)C1=O. The first-order valence-corrected chi connectivity index (χ1v) is 6.78. The van der Waals surface area contributed by atoms with E-state index in [-0.39, 0.29) is 31.1 Å². The highest BCUT2D eigenvalue weighted by molar-refractivity contribution is 6.00. The van der Waals surface area contributed by atoms with Crippen LogP contribution in [0.15, 0.2) is 0 Å². The van der Waals surface area contributed by atoms with Crippen molar-refractivity contribution in [2.45, 2.75) is 38.0 Å². The zero-order valence-electron chi connectivity index (χ0n) is 12.3. The first-order valence-electron chi connectivity index (χ1n) is 6.78. The van der Waals surface area contributed by atoms with E-state index in [0.717, 1.165) is 4.90 Å². The minimum atomic E-state index is -0.704. The van der Waals surface area contributed by atoms with Crippen molar-refractivity contribution >= 4 is 11.8 Å². The van der Waals surface area contributed by atoms with Gasteiger partial charge in [0.25, 0.3) is 0 Å². The molecule has 0 aromatic carbocycles. The van der Waals surface area contributed by atoms with E-state index in [0.29, 0.717) is 19.4 Å². The van der Waals surface area contributed by atoms with E-state index < -0.39 is 12.1 Å². The van der Waals surface area contributed by atoms with Crippen molar-refractivity contribution in [2.24, 2.45) is 0 Å². The van der Waals surface area contributed by atoms with E-state index in [2.05, 4.69) is 5.32 Å². The molecule has 0 bridgehead atoms. The van der Waals surface area contributed by atoms with Crippen molar-refractivity contribution in [3.63, 3.8) is 0 Å². The van der Waals surface area contributed by atoms with Crippen molar-refractivity contribution in [1.29, 1.82) is 0 Å². The lowest BCUT2D eigenvalue weighted by molar-refractivity contribution is -0.148. The van der Waals surface area contributed by atoms with Gasteiger partial charge in [-0.3, -0.25) is 14.5 Å². The van der Waals surface area contributed by atoms with Gasteiger partial charge in [0.15, 0.2) is 0 Å². The molecule has 20 heavy (non-hydrogen) atoms. The Balaban J connectivity index is 2.25. The Bertz CT molecular complexity index is 337. The van der Waals surface area contributed by atoms with Crippen LogP contribution in [0.5, 0.6) is 0 Å². The highest BCUT2D eigenvalue weighted by Crippen LogP contribution is 2.11. The maximum Gasteiger partial charge on any atom is 0.246 e. The molecule has 1 rings (SSSR count). The molecule has 7 nitrogen and oxygen atoms in total. The molecule has 3 unspecified atom stereocenters. The van der Waals surface area contributed by atoms with Gasteiger partial charge in [-0.05, 0) is 13.3 Å². The summed E-state index contributed by atoms with van der Waals surface area (Å²) in [6, 6.07) is -0.413. The molecule has 0 aromatic heterocycles. The maximum atomic E-state index is 11.8. The molecule has 1 saturated heterocycles. The quantitative estimate of drug-likeness (QED) is 0.565. The highest BCUT2D eigenvalue weighted by Gasteiger charge is 2.31. The highest BCUT2D eigenvalue weighted by atomic mass is 16.5. The first-order chi connectivity index (χ1) is 9.45. The van der Waals surface area contributed by atoms with Crippen LogP contribution in [-0.2, 0) is 19.1 Å². The lowest BCUT2D eigenvalue weighted by Crippen LogP contribution is -2.53. The second kappa shape index (κ2) is 8.31. The number of likely N-dealkylation sites (tertiary alicyclic amines) is 1. The predicted molar refractivity (Wildman–Crippen MR) is 72.1 cm³/mol. The molecule has 116 valence electrons. The van der Waals surface area contributed by atoms with Crippen LogP contribution >= 0.6 is 0 Å². The molecular formula is C13H24N2O5. The van der Waals surface area contributed by atoms with Crippen LogP contribution < -0.4 is 5.32 Å². The lowest BCUT2D eigenvalue weighted by Gasteiger charge is -2.29. The molecule has 7 heteroatoms. The summed E-state index contributed by atoms with van der Waals surface area (Å²) in [5, 5.41) is 12.8. The minimum Gasteiger partial charge on any atom is -0.389 e. The summed E-state index contributed by atoms with van der Waals surface area (Å²) in [5.41, 5.74) is 0. The fourth-order valence-corrected chi connectivity index (χ4v) is 2.00. The number of hydrogen-bond donors (Lipinski definition) is 2. The van der Waals surface area contributed by atoms with Crippen LogP contribution in [0, 0.1) is 0 Å². The van der Waals surface area contributed by atoms with Gasteiger partial charge in [-0.2, -0.15) is 0 Å². The molecular weight excluding hydrogens is 264 g/mol. The molecule has 1 aliphatic rings. The monoisotopic (exact) mass is 288 g/mol. The Morgan fingerprint density at radius 2 is 2.15 bits per heavy atom. The fraction of sp³-hybridized carbons (Fsp3) is 0.846. The minimum absolute atomic E-state index is 0.0882. The zero-order valence-corrected chi connectivity index (χ0v) is 12.3. The van der Waals surface area contributed by atoms with Crippen molar-refractivity contribution in [3.05, 3.63) is 0 Å². The van der Waals surface area contributed by atoms with Crippen LogP contribution in [0.25, 0.3) is 0 Å². The van der Waals surface area contributed by atoms with Crippen LogP contribution in [0.2, 0.25) is 0 Å². The molecule has 1 fully saturated rings. The number of ether oxygens (including phenoxy) is 2. The smallest absolute Gasteiger partial charge is 0.246 e. The largest absolute Gasteiger partial charge is 0.389 e. The van der Waals surface area contributed by atoms with Crippen LogP contribution in [0.4, 0.5) is 0 Å². The maximum absolute atomic E-state index is 11.8. The normalized spacial score (nSPS) is 23.0. The number of likely N-dealkylation sites (N-methyl/N-ethyl adjacent to an activating group) is 1. The number of amides is 2. The molecule has 0 spiro atoms. The van der Waals surface area contributed by atoms with E-state index in [1.807, 2.05) is 6.92 Å². The summed E-state index contributed by atoms with van der Waals surface area (Å²) in [5.74, 6) is -0.410. The van der Waals surface area contributed by atoms with Crippen LogP contribution in [0.1, 0.15) is 19.8 Å². The molecule has 1 heterocycles. The topological polar surface area (TPSA) is 88.1 Å². The van der Waals surface area contributed by atoms with Crippen molar-refractivity contribution in [2.75, 3.05) is 33.9 Å². The first kappa shape index (κ1) is 17.0. The second-order valence-electron chi connectivity index (χ2n) is 5.04. The van der Waals surface area contributed by atoms with E-state index in [1.165, 1.54) is 7.05 Å². The molecule has 2 N–H and O–H groups in total. The van der Waals surface area contributed by atoms with E-state index in [9.17, 15) is 14.7 Å². The molecule has 2 amide bonds. The number of carbonyl (C=O) groups is 2. The van der Waals surface area contributed by atoms with Crippen molar-refractivity contribution < 1.29 is 24.2 Å². The van der Waals surface area contributed by atoms with Crippen molar-refractivity contribution in [1.82, 2.24) is 10.2 Å². The summed E-state index contributed by atoms with van der Waals surface area (Å²) >= 11 is 0. The van der Waals surface area contributed by atoms with Gasteiger partial charge in [-0.15, -0.1) is 0 Å². The van der Waals surface area contributed by atoms with Gasteiger partial charge in [-0.25, -0.2) is 0 Å². The standard InChI is InChI=1S/C13H24N2O5/c1-9(7-19-3)20-8-10(16)6-14-11-4-5-12(17)15(2)13(11)18/h9-11,14,16H,4-8H2,1-3H3. The predicted octanol–water partition coefficient (Wildman–Crippen LogP) is -0.864. The third-order valence-corrected chi connectivity index (χ3v) is 3.22. The van der Waals surface area contributed by atoms with Gasteiger partial charge in [0.2, 0.25) is 11.8 Å². The number of piperidine rings is 1. The number of rotatable bonds is 8. The number of carbonyl (C=O) groups excluding carboxylic acids is 2. The third-order valence-electron chi connectivity index (χ3n) is 3.22. The van der Waals surface area contributed by atoms with E-state index in [1.54, 1.807) is 7.11 Å². The Morgan fingerprint density at radius 3 is 2.80 bits per heavy atom. The Labute approximate surface area is 119 Å². The Hall–Kier alpha value is -1.02. The Morgan fingerprint density at radius 1 is 1.45 bits per heavy atom. The number of aliphatic hydroxyl groups excluding tert-OH is 1. The summed E-state index contributed by atoms with van der Waals surface area (Å²) < 4.78 is 10.3. The molecule has 1 aliphatic heterocycles. The third kappa shape index (κ3) is 5.16.